The molecular weight excluding hydrogens is 477 g/mol. The van der Waals surface area contributed by atoms with Gasteiger partial charge in [-0.1, -0.05) is 19.9 Å². The standard InChI is InChI=1S/C20H32F2N4O.HI/c1-4-23-20(24-9-8-17-18(21)6-5-7-19(17)22)25-12-16-14-26(10-11-27-16)13-15(2)3;/h5-7,15-16H,4,8-14H2,1-3H3,(H2,23,24,25);1H. The highest BCUT2D eigenvalue weighted by atomic mass is 127. The Morgan fingerprint density at radius 1 is 1.29 bits per heavy atom. The molecule has 5 nitrogen and oxygen atoms in total. The molecule has 1 aliphatic heterocycles. The number of guanidine groups is 1. The molecule has 1 aromatic carbocycles. The van der Waals surface area contributed by atoms with Crippen LogP contribution < -0.4 is 10.6 Å². The van der Waals surface area contributed by atoms with Crippen molar-refractivity contribution in [2.75, 3.05) is 45.9 Å². The predicted molar refractivity (Wildman–Crippen MR) is 120 cm³/mol. The number of nitrogens with zero attached hydrogens (tertiary/aromatic N) is 2. The number of morpholine rings is 1. The lowest BCUT2D eigenvalue weighted by Gasteiger charge is -2.33. The number of hydrogen-bond donors (Lipinski definition) is 2. The molecule has 0 radical (unpaired) electrons. The van der Waals surface area contributed by atoms with E-state index in [1.54, 1.807) is 0 Å². The highest BCUT2D eigenvalue weighted by Crippen LogP contribution is 2.12. The van der Waals surface area contributed by atoms with Crippen LogP contribution in [0.15, 0.2) is 23.2 Å². The minimum atomic E-state index is -0.514. The summed E-state index contributed by atoms with van der Waals surface area (Å²) in [6, 6.07) is 3.93. The maximum atomic E-state index is 13.7. The molecule has 160 valence electrons. The first-order chi connectivity index (χ1) is 13.0. The van der Waals surface area contributed by atoms with Crippen molar-refractivity contribution >= 4 is 29.9 Å². The van der Waals surface area contributed by atoms with Crippen LogP contribution >= 0.6 is 24.0 Å². The van der Waals surface area contributed by atoms with Crippen LogP contribution in [-0.4, -0.2) is 62.8 Å². The second-order valence-electron chi connectivity index (χ2n) is 7.24. The van der Waals surface area contributed by atoms with E-state index in [4.69, 9.17) is 4.74 Å². The van der Waals surface area contributed by atoms with Gasteiger partial charge in [-0.05, 0) is 31.4 Å². The van der Waals surface area contributed by atoms with Crippen molar-refractivity contribution in [1.29, 1.82) is 0 Å². The summed E-state index contributed by atoms with van der Waals surface area (Å²) in [6.07, 6.45) is 0.322. The maximum Gasteiger partial charge on any atom is 0.191 e. The van der Waals surface area contributed by atoms with Gasteiger partial charge in [-0.25, -0.2) is 8.78 Å². The first-order valence-corrected chi connectivity index (χ1v) is 9.78. The summed E-state index contributed by atoms with van der Waals surface area (Å²) in [4.78, 5) is 6.99. The largest absolute Gasteiger partial charge is 0.374 e. The van der Waals surface area contributed by atoms with Gasteiger partial charge in [0.1, 0.15) is 11.6 Å². The molecule has 0 aliphatic carbocycles. The Bertz CT molecular complexity index is 596. The molecule has 0 spiro atoms. The molecule has 1 aromatic rings. The number of ether oxygens (including phenoxy) is 1. The molecule has 1 unspecified atom stereocenters. The Hall–Kier alpha value is -1.000. The Labute approximate surface area is 184 Å². The lowest BCUT2D eigenvalue weighted by atomic mass is 10.1. The van der Waals surface area contributed by atoms with E-state index < -0.39 is 11.6 Å². The summed E-state index contributed by atoms with van der Waals surface area (Å²) in [5.74, 6) is 0.239. The molecule has 8 heteroatoms. The molecule has 2 N–H and O–H groups in total. The molecule has 2 rings (SSSR count). The first kappa shape index (κ1) is 25.0. The molecule has 1 saturated heterocycles. The van der Waals surface area contributed by atoms with Crippen LogP contribution in [0.2, 0.25) is 0 Å². The van der Waals surface area contributed by atoms with E-state index in [9.17, 15) is 8.78 Å². The monoisotopic (exact) mass is 510 g/mol. The highest BCUT2D eigenvalue weighted by Gasteiger charge is 2.20. The average molecular weight is 510 g/mol. The number of aliphatic imine (C=N–C) groups is 1. The van der Waals surface area contributed by atoms with E-state index in [2.05, 4.69) is 34.4 Å². The second-order valence-corrected chi connectivity index (χ2v) is 7.24. The van der Waals surface area contributed by atoms with E-state index in [-0.39, 0.29) is 42.1 Å². The molecule has 1 heterocycles. The number of benzene rings is 1. The minimum Gasteiger partial charge on any atom is -0.374 e. The van der Waals surface area contributed by atoms with E-state index in [0.717, 1.165) is 26.2 Å². The molecule has 28 heavy (non-hydrogen) atoms. The van der Waals surface area contributed by atoms with Crippen molar-refractivity contribution in [3.05, 3.63) is 35.4 Å². The van der Waals surface area contributed by atoms with E-state index in [0.29, 0.717) is 31.5 Å². The van der Waals surface area contributed by atoms with Crippen LogP contribution in [0.25, 0.3) is 0 Å². The van der Waals surface area contributed by atoms with Crippen molar-refractivity contribution in [2.45, 2.75) is 33.3 Å². The van der Waals surface area contributed by atoms with Gasteiger partial charge in [0.2, 0.25) is 0 Å². The number of hydrogen-bond acceptors (Lipinski definition) is 3. The Morgan fingerprint density at radius 3 is 2.64 bits per heavy atom. The van der Waals surface area contributed by atoms with Gasteiger partial charge in [-0.2, -0.15) is 0 Å². The van der Waals surface area contributed by atoms with Crippen molar-refractivity contribution < 1.29 is 13.5 Å². The summed E-state index contributed by atoms with van der Waals surface area (Å²) in [7, 11) is 0. The third-order valence-corrected chi connectivity index (χ3v) is 4.37. The zero-order chi connectivity index (χ0) is 19.6. The van der Waals surface area contributed by atoms with Crippen molar-refractivity contribution in [3.63, 3.8) is 0 Å². The van der Waals surface area contributed by atoms with Crippen molar-refractivity contribution in [1.82, 2.24) is 15.5 Å². The van der Waals surface area contributed by atoms with E-state index >= 15 is 0 Å². The van der Waals surface area contributed by atoms with Gasteiger partial charge in [0.15, 0.2) is 5.96 Å². The maximum absolute atomic E-state index is 13.7. The molecule has 1 atom stereocenters. The highest BCUT2D eigenvalue weighted by molar-refractivity contribution is 14.0. The van der Waals surface area contributed by atoms with Gasteiger partial charge in [0.25, 0.3) is 0 Å². The molecule has 0 saturated carbocycles. The number of rotatable bonds is 8. The van der Waals surface area contributed by atoms with Crippen LogP contribution in [0.4, 0.5) is 8.78 Å². The molecule has 1 aliphatic rings. The number of nitrogens with one attached hydrogen (secondary N) is 2. The van der Waals surface area contributed by atoms with E-state index in [1.807, 2.05) is 6.92 Å². The SMILES string of the molecule is CCNC(=NCC1CN(CC(C)C)CCO1)NCCc1c(F)cccc1F.I. The summed E-state index contributed by atoms with van der Waals surface area (Å²) in [5.41, 5.74) is 0.0980. The molecule has 0 aromatic heterocycles. The third kappa shape index (κ3) is 8.57. The van der Waals surface area contributed by atoms with Gasteiger partial charge in [-0.15, -0.1) is 24.0 Å². The molecule has 0 amide bonds. The van der Waals surface area contributed by atoms with Gasteiger partial charge in [0.05, 0.1) is 19.3 Å². The summed E-state index contributed by atoms with van der Waals surface area (Å²) >= 11 is 0. The smallest absolute Gasteiger partial charge is 0.191 e. The Kier molecular flexibility index (Phi) is 11.9. The zero-order valence-corrected chi connectivity index (χ0v) is 19.3. The van der Waals surface area contributed by atoms with Crippen LogP contribution in [0.1, 0.15) is 26.3 Å². The molecular formula is C20H33F2IN4O. The second kappa shape index (κ2) is 13.3. The minimum absolute atomic E-state index is 0. The molecule has 0 bridgehead atoms. The van der Waals surface area contributed by atoms with Gasteiger partial charge >= 0.3 is 0 Å². The van der Waals surface area contributed by atoms with Crippen molar-refractivity contribution in [2.24, 2.45) is 10.9 Å². The first-order valence-electron chi connectivity index (χ1n) is 9.78. The summed E-state index contributed by atoms with van der Waals surface area (Å²) in [6.45, 7) is 11.7. The fourth-order valence-corrected chi connectivity index (χ4v) is 3.19. The van der Waals surface area contributed by atoms with Crippen LogP contribution in [0.3, 0.4) is 0 Å². The van der Waals surface area contributed by atoms with Crippen LogP contribution in [0, 0.1) is 17.6 Å². The topological polar surface area (TPSA) is 48.9 Å². The lowest BCUT2D eigenvalue weighted by Crippen LogP contribution is -2.46. The quantitative estimate of drug-likeness (QED) is 0.321. The summed E-state index contributed by atoms with van der Waals surface area (Å²) in [5, 5.41) is 6.31. The third-order valence-electron chi connectivity index (χ3n) is 4.37. The fourth-order valence-electron chi connectivity index (χ4n) is 3.19. The average Bonchev–Trinajstić information content (AvgIpc) is 2.62. The van der Waals surface area contributed by atoms with Gasteiger partial charge < -0.3 is 15.4 Å². The van der Waals surface area contributed by atoms with E-state index in [1.165, 1.54) is 18.2 Å². The fraction of sp³-hybridized carbons (Fsp3) is 0.650. The van der Waals surface area contributed by atoms with Crippen molar-refractivity contribution in [3.8, 4) is 0 Å². The predicted octanol–water partition coefficient (Wildman–Crippen LogP) is 3.04. The van der Waals surface area contributed by atoms with Gasteiger partial charge in [0, 0.05) is 38.3 Å². The van der Waals surface area contributed by atoms with Crippen LogP contribution in [0.5, 0.6) is 0 Å². The zero-order valence-electron chi connectivity index (χ0n) is 17.0. The molecule has 1 fully saturated rings. The lowest BCUT2D eigenvalue weighted by molar-refractivity contribution is -0.0261. The van der Waals surface area contributed by atoms with Gasteiger partial charge in [-0.3, -0.25) is 9.89 Å². The normalized spacial score (nSPS) is 18.1. The Balaban J connectivity index is 0.00000392. The number of halogens is 3. The Morgan fingerprint density at radius 2 is 2.00 bits per heavy atom. The van der Waals surface area contributed by atoms with Crippen LogP contribution in [-0.2, 0) is 11.2 Å². The summed E-state index contributed by atoms with van der Waals surface area (Å²) < 4.78 is 33.2.